The molecule has 0 aliphatic heterocycles. The van der Waals surface area contributed by atoms with Gasteiger partial charge < -0.3 is 15.6 Å². The molecule has 2 aromatic rings. The van der Waals surface area contributed by atoms with Crippen LogP contribution in [0.3, 0.4) is 0 Å². The molecule has 0 saturated carbocycles. The molecule has 19 heavy (non-hydrogen) atoms. The molecule has 0 saturated heterocycles. The number of H-pyrrole nitrogens is 1. The molecule has 0 bridgehead atoms. The molecule has 0 aliphatic carbocycles. The Morgan fingerprint density at radius 3 is 2.95 bits per heavy atom. The molecule has 102 valence electrons. The lowest BCUT2D eigenvalue weighted by Gasteiger charge is -2.03. The van der Waals surface area contributed by atoms with Crippen LogP contribution in [0.15, 0.2) is 10.9 Å². The predicted molar refractivity (Wildman–Crippen MR) is 67.4 cm³/mol. The van der Waals surface area contributed by atoms with E-state index in [1.54, 1.807) is 0 Å². The van der Waals surface area contributed by atoms with Crippen LogP contribution >= 0.6 is 0 Å². The van der Waals surface area contributed by atoms with E-state index < -0.39 is 0 Å². The lowest BCUT2D eigenvalue weighted by atomic mass is 10.1. The molecule has 4 N–H and O–H groups in total. The average Bonchev–Trinajstić information content (AvgIpc) is 2.98. The largest absolute Gasteiger partial charge is 0.395 e. The van der Waals surface area contributed by atoms with E-state index in [0.29, 0.717) is 24.5 Å². The fourth-order valence-corrected chi connectivity index (χ4v) is 1.65. The number of aromatic amines is 1. The molecule has 8 nitrogen and oxygen atoms in total. The first kappa shape index (κ1) is 13.1. The number of nitrogen functional groups attached to an aromatic ring is 1. The molecule has 0 radical (unpaired) electrons. The number of nitrogens with zero attached hydrogens (tertiary/aromatic N) is 3. The smallest absolute Gasteiger partial charge is 0.273 e. The minimum Gasteiger partial charge on any atom is -0.395 e. The summed E-state index contributed by atoms with van der Waals surface area (Å²) in [6.45, 7) is 4.33. The molecule has 0 aromatic carbocycles. The molecule has 0 spiro atoms. The summed E-state index contributed by atoms with van der Waals surface area (Å²) >= 11 is 0. The molecule has 0 aliphatic rings. The lowest BCUT2D eigenvalue weighted by molar-refractivity contribution is 0.0949. The molecule has 1 amide bonds. The number of rotatable bonds is 5. The number of nitrogens with two attached hydrogens (primary N) is 1. The Bertz CT molecular complexity index is 546. The molecule has 0 unspecified atom stereocenters. The van der Waals surface area contributed by atoms with E-state index >= 15 is 0 Å². The second-order valence-electron chi connectivity index (χ2n) is 4.40. The van der Waals surface area contributed by atoms with E-state index in [2.05, 4.69) is 25.7 Å². The maximum absolute atomic E-state index is 11.9. The van der Waals surface area contributed by atoms with Crippen molar-refractivity contribution in [3.8, 4) is 0 Å². The standard InChI is InChI=1S/C11H16N6O2/c1-6(2)9-8(12)10(17-16-9)11(18)13-4-3-7-14-5-15-19-7/h5-6H,3-4,12H2,1-2H3,(H,13,18)(H,16,17). The zero-order chi connectivity index (χ0) is 13.8. The molecular formula is C11H16N6O2. The van der Waals surface area contributed by atoms with Crippen LogP contribution in [0.25, 0.3) is 0 Å². The number of aromatic nitrogens is 4. The van der Waals surface area contributed by atoms with Crippen LogP contribution in [0.4, 0.5) is 5.69 Å². The van der Waals surface area contributed by atoms with Crippen molar-refractivity contribution in [3.63, 3.8) is 0 Å². The number of hydrogen-bond donors (Lipinski definition) is 3. The number of hydrogen-bond acceptors (Lipinski definition) is 6. The Morgan fingerprint density at radius 2 is 2.37 bits per heavy atom. The van der Waals surface area contributed by atoms with Gasteiger partial charge in [-0.05, 0) is 5.92 Å². The van der Waals surface area contributed by atoms with Crippen LogP contribution in [-0.4, -0.2) is 32.8 Å². The Hall–Kier alpha value is -2.38. The second kappa shape index (κ2) is 5.51. The van der Waals surface area contributed by atoms with E-state index in [-0.39, 0.29) is 17.5 Å². The fourth-order valence-electron chi connectivity index (χ4n) is 1.65. The van der Waals surface area contributed by atoms with Gasteiger partial charge in [0.15, 0.2) is 12.0 Å². The summed E-state index contributed by atoms with van der Waals surface area (Å²) in [7, 11) is 0. The minimum atomic E-state index is -0.319. The van der Waals surface area contributed by atoms with Gasteiger partial charge in [-0.15, -0.1) is 0 Å². The molecule has 2 aromatic heterocycles. The number of amides is 1. The fraction of sp³-hybridized carbons (Fsp3) is 0.455. The third kappa shape index (κ3) is 2.90. The van der Waals surface area contributed by atoms with Gasteiger partial charge in [0.25, 0.3) is 5.91 Å². The van der Waals surface area contributed by atoms with Crippen molar-refractivity contribution < 1.29 is 9.32 Å². The maximum atomic E-state index is 11.9. The molecule has 2 heterocycles. The topological polar surface area (TPSA) is 123 Å². The van der Waals surface area contributed by atoms with Crippen LogP contribution in [0, 0.1) is 0 Å². The van der Waals surface area contributed by atoms with Gasteiger partial charge in [0, 0.05) is 13.0 Å². The van der Waals surface area contributed by atoms with Gasteiger partial charge in [-0.25, -0.2) is 0 Å². The van der Waals surface area contributed by atoms with Gasteiger partial charge in [0.2, 0.25) is 5.89 Å². The van der Waals surface area contributed by atoms with Crippen molar-refractivity contribution in [3.05, 3.63) is 23.6 Å². The maximum Gasteiger partial charge on any atom is 0.273 e. The summed E-state index contributed by atoms with van der Waals surface area (Å²) < 4.78 is 4.82. The Labute approximate surface area is 109 Å². The van der Waals surface area contributed by atoms with Gasteiger partial charge in [0.1, 0.15) is 0 Å². The van der Waals surface area contributed by atoms with Crippen molar-refractivity contribution in [2.24, 2.45) is 0 Å². The van der Waals surface area contributed by atoms with E-state index in [1.807, 2.05) is 13.8 Å². The molecular weight excluding hydrogens is 248 g/mol. The van der Waals surface area contributed by atoms with Crippen LogP contribution < -0.4 is 11.1 Å². The van der Waals surface area contributed by atoms with Crippen LogP contribution in [0.1, 0.15) is 41.8 Å². The molecule has 0 atom stereocenters. The van der Waals surface area contributed by atoms with Crippen LogP contribution in [0.5, 0.6) is 0 Å². The van der Waals surface area contributed by atoms with Gasteiger partial charge in [-0.1, -0.05) is 19.0 Å². The summed E-state index contributed by atoms with van der Waals surface area (Å²) in [6.07, 6.45) is 1.78. The van der Waals surface area contributed by atoms with Crippen molar-refractivity contribution >= 4 is 11.6 Å². The van der Waals surface area contributed by atoms with Crippen molar-refractivity contribution in [1.29, 1.82) is 0 Å². The third-order valence-electron chi connectivity index (χ3n) is 2.66. The second-order valence-corrected chi connectivity index (χ2v) is 4.40. The first-order valence-corrected chi connectivity index (χ1v) is 5.97. The quantitative estimate of drug-likeness (QED) is 0.721. The molecule has 8 heteroatoms. The zero-order valence-electron chi connectivity index (χ0n) is 10.8. The normalized spacial score (nSPS) is 10.9. The Balaban J connectivity index is 1.93. The number of anilines is 1. The zero-order valence-corrected chi connectivity index (χ0v) is 10.8. The monoisotopic (exact) mass is 264 g/mol. The molecule has 2 rings (SSSR count). The number of nitrogens with one attached hydrogen (secondary N) is 2. The van der Waals surface area contributed by atoms with Crippen LogP contribution in [-0.2, 0) is 6.42 Å². The summed E-state index contributed by atoms with van der Waals surface area (Å²) in [6, 6.07) is 0. The van der Waals surface area contributed by atoms with Gasteiger partial charge in [0.05, 0.1) is 11.4 Å². The SMILES string of the molecule is CC(C)c1[nH]nc(C(=O)NCCc2ncno2)c1N. The Morgan fingerprint density at radius 1 is 1.58 bits per heavy atom. The highest BCUT2D eigenvalue weighted by atomic mass is 16.5. The summed E-state index contributed by atoms with van der Waals surface area (Å²) in [5.74, 6) is 0.339. The number of carbonyl (C=O) groups is 1. The van der Waals surface area contributed by atoms with Crippen molar-refractivity contribution in [2.45, 2.75) is 26.2 Å². The summed E-state index contributed by atoms with van der Waals surface area (Å²) in [5.41, 5.74) is 7.25. The van der Waals surface area contributed by atoms with Gasteiger partial charge in [-0.3, -0.25) is 9.89 Å². The predicted octanol–water partition coefficient (Wildman–Crippen LogP) is 0.471. The minimum absolute atomic E-state index is 0.187. The summed E-state index contributed by atoms with van der Waals surface area (Å²) in [4.78, 5) is 15.7. The van der Waals surface area contributed by atoms with Crippen molar-refractivity contribution in [2.75, 3.05) is 12.3 Å². The number of carbonyl (C=O) groups excluding carboxylic acids is 1. The summed E-state index contributed by atoms with van der Waals surface area (Å²) in [5, 5.41) is 12.9. The molecule has 0 fully saturated rings. The highest BCUT2D eigenvalue weighted by molar-refractivity contribution is 5.97. The van der Waals surface area contributed by atoms with Crippen LogP contribution in [0.2, 0.25) is 0 Å². The van der Waals surface area contributed by atoms with Crippen molar-refractivity contribution in [1.82, 2.24) is 25.7 Å². The highest BCUT2D eigenvalue weighted by Crippen LogP contribution is 2.21. The average molecular weight is 264 g/mol. The third-order valence-corrected chi connectivity index (χ3v) is 2.66. The van der Waals surface area contributed by atoms with Gasteiger partial charge >= 0.3 is 0 Å². The van der Waals surface area contributed by atoms with E-state index in [9.17, 15) is 4.79 Å². The lowest BCUT2D eigenvalue weighted by Crippen LogP contribution is -2.26. The van der Waals surface area contributed by atoms with Gasteiger partial charge in [-0.2, -0.15) is 10.1 Å². The first-order valence-electron chi connectivity index (χ1n) is 5.97. The Kier molecular flexibility index (Phi) is 3.79. The first-order chi connectivity index (χ1) is 9.09. The van der Waals surface area contributed by atoms with E-state index in [1.165, 1.54) is 6.33 Å². The van der Waals surface area contributed by atoms with E-state index in [0.717, 1.165) is 5.69 Å². The van der Waals surface area contributed by atoms with E-state index in [4.69, 9.17) is 10.3 Å². The highest BCUT2D eigenvalue weighted by Gasteiger charge is 2.18.